The van der Waals surface area contributed by atoms with Crippen LogP contribution in [0.3, 0.4) is 0 Å². The summed E-state index contributed by atoms with van der Waals surface area (Å²) in [4.78, 5) is 10.5. The Morgan fingerprint density at radius 3 is 1.29 bits per heavy atom. The van der Waals surface area contributed by atoms with E-state index in [2.05, 4.69) is 285 Å². The van der Waals surface area contributed by atoms with Crippen molar-refractivity contribution in [2.75, 3.05) is 0 Å². The minimum atomic E-state index is -0.440. The summed E-state index contributed by atoms with van der Waals surface area (Å²) in [6.07, 6.45) is 0. The summed E-state index contributed by atoms with van der Waals surface area (Å²) >= 11 is 0. The second-order valence-electron chi connectivity index (χ2n) is 20.0. The number of aromatic nitrogens is 2. The molecule has 0 radical (unpaired) electrons. The van der Waals surface area contributed by atoms with E-state index in [0.717, 1.165) is 66.7 Å². The van der Waals surface area contributed by atoms with Crippen LogP contribution in [-0.4, -0.2) is 9.97 Å². The Morgan fingerprint density at radius 1 is 0.208 bits per heavy atom. The Kier molecular flexibility index (Phi) is 11.5. The monoisotopic (exact) mass is 978 g/mol. The van der Waals surface area contributed by atoms with Crippen LogP contribution in [0.2, 0.25) is 0 Å². The molecule has 2 nitrogen and oxygen atoms in total. The summed E-state index contributed by atoms with van der Waals surface area (Å²) in [6, 6.07) is 110. The van der Waals surface area contributed by atoms with Gasteiger partial charge in [-0.05, 0) is 136 Å². The molecule has 0 atom stereocenters. The molecule has 1 aromatic heterocycles. The number of fused-ring (bicyclic) bond motifs is 4. The number of hydrogen-bond donors (Lipinski definition) is 0. The third-order valence-electron chi connectivity index (χ3n) is 15.6. The smallest absolute Gasteiger partial charge is 0.160 e. The molecule has 0 saturated carbocycles. The first-order valence-electron chi connectivity index (χ1n) is 26.5. The van der Waals surface area contributed by atoms with Gasteiger partial charge in [0.05, 0.1) is 16.8 Å². The minimum Gasteiger partial charge on any atom is -0.228 e. The second kappa shape index (κ2) is 19.4. The molecule has 0 saturated heterocycles. The van der Waals surface area contributed by atoms with E-state index >= 15 is 0 Å². The van der Waals surface area contributed by atoms with E-state index < -0.39 is 5.41 Å². The van der Waals surface area contributed by atoms with Gasteiger partial charge in [-0.1, -0.05) is 267 Å². The van der Waals surface area contributed by atoms with Gasteiger partial charge >= 0.3 is 0 Å². The molecule has 12 aromatic carbocycles. The molecule has 13 aromatic rings. The van der Waals surface area contributed by atoms with Crippen molar-refractivity contribution in [2.24, 2.45) is 0 Å². The van der Waals surface area contributed by atoms with E-state index in [9.17, 15) is 0 Å². The Morgan fingerprint density at radius 2 is 0.623 bits per heavy atom. The summed E-state index contributed by atoms with van der Waals surface area (Å²) in [5.74, 6) is 0.693. The van der Waals surface area contributed by atoms with Gasteiger partial charge < -0.3 is 0 Å². The standard InChI is InChI=1S/C75H50N2/c1-6-21-51(22-7-1)53-37-39-54(40-38-53)72-50-73(77-74(76-72)55-25-10-3-11-26-55)68-43-42-64(65-33-16-17-34-66(65)68)61-47-59(52-23-8-2-9-24-52)46-60(48-61)57-28-20-27-56(45-57)58-41-44-71-69(49-58)67-35-18-19-36-70(67)75(71,62-29-12-4-13-30-62)63-31-14-5-15-32-63/h1-50H. The summed E-state index contributed by atoms with van der Waals surface area (Å²) in [5, 5.41) is 2.28. The number of hydrogen-bond acceptors (Lipinski definition) is 2. The van der Waals surface area contributed by atoms with Gasteiger partial charge in [-0.15, -0.1) is 0 Å². The van der Waals surface area contributed by atoms with Gasteiger partial charge in [-0.25, -0.2) is 9.97 Å². The van der Waals surface area contributed by atoms with Gasteiger partial charge in [0.2, 0.25) is 0 Å². The van der Waals surface area contributed by atoms with Crippen LogP contribution in [0.15, 0.2) is 303 Å². The molecular weight excluding hydrogens is 929 g/mol. The molecular formula is C75H50N2. The number of nitrogens with zero attached hydrogens (tertiary/aromatic N) is 2. The fraction of sp³-hybridized carbons (Fsp3) is 0.0133. The van der Waals surface area contributed by atoms with Crippen LogP contribution < -0.4 is 0 Å². The fourth-order valence-corrected chi connectivity index (χ4v) is 11.9. The normalized spacial score (nSPS) is 12.3. The lowest BCUT2D eigenvalue weighted by atomic mass is 9.67. The predicted octanol–water partition coefficient (Wildman–Crippen LogP) is 19.3. The Balaban J connectivity index is 0.881. The van der Waals surface area contributed by atoms with Crippen LogP contribution in [0.4, 0.5) is 0 Å². The van der Waals surface area contributed by atoms with Gasteiger partial charge in [0.25, 0.3) is 0 Å². The Hall–Kier alpha value is -10.0. The van der Waals surface area contributed by atoms with Crippen molar-refractivity contribution in [2.45, 2.75) is 5.41 Å². The Labute approximate surface area is 450 Å². The average Bonchev–Trinajstić information content (AvgIpc) is 4.06. The molecule has 0 fully saturated rings. The van der Waals surface area contributed by atoms with Crippen LogP contribution in [-0.2, 0) is 5.41 Å². The SMILES string of the molecule is c1ccc(-c2ccc(-c3cc(-c4ccc(-c5cc(-c6ccccc6)cc(-c6cccc(-c7ccc8c(c7)-c7ccccc7C8(c7ccccc7)c7ccccc7)c6)c5)c5ccccc45)nc(-c4ccccc4)n3)cc2)cc1. The van der Waals surface area contributed by atoms with E-state index in [0.29, 0.717) is 5.82 Å². The van der Waals surface area contributed by atoms with Crippen molar-refractivity contribution >= 4 is 10.8 Å². The quantitative estimate of drug-likeness (QED) is 0.136. The van der Waals surface area contributed by atoms with Crippen LogP contribution >= 0.6 is 0 Å². The van der Waals surface area contributed by atoms with E-state index in [1.807, 2.05) is 18.2 Å². The maximum Gasteiger partial charge on any atom is 0.160 e. The van der Waals surface area contributed by atoms with E-state index in [1.165, 1.54) is 61.2 Å². The van der Waals surface area contributed by atoms with Crippen molar-refractivity contribution < 1.29 is 0 Å². The maximum atomic E-state index is 5.31. The molecule has 0 spiro atoms. The highest BCUT2D eigenvalue weighted by Crippen LogP contribution is 2.56. The van der Waals surface area contributed by atoms with Gasteiger partial charge in [-0.2, -0.15) is 0 Å². The second-order valence-corrected chi connectivity index (χ2v) is 20.0. The van der Waals surface area contributed by atoms with Gasteiger partial charge in [0.1, 0.15) is 0 Å². The van der Waals surface area contributed by atoms with Crippen LogP contribution in [0.25, 0.3) is 111 Å². The number of benzene rings is 12. The topological polar surface area (TPSA) is 25.8 Å². The minimum absolute atomic E-state index is 0.440. The summed E-state index contributed by atoms with van der Waals surface area (Å²) in [5.41, 5.74) is 23.7. The molecule has 1 heterocycles. The third-order valence-corrected chi connectivity index (χ3v) is 15.6. The lowest BCUT2D eigenvalue weighted by molar-refractivity contribution is 0.768. The summed E-state index contributed by atoms with van der Waals surface area (Å²) < 4.78 is 0. The van der Waals surface area contributed by atoms with Gasteiger partial charge in [0.15, 0.2) is 5.82 Å². The molecule has 0 unspecified atom stereocenters. The summed E-state index contributed by atoms with van der Waals surface area (Å²) in [7, 11) is 0. The van der Waals surface area contributed by atoms with Crippen molar-refractivity contribution in [3.8, 4) is 101 Å². The summed E-state index contributed by atoms with van der Waals surface area (Å²) in [6.45, 7) is 0. The number of rotatable bonds is 10. The highest BCUT2D eigenvalue weighted by Gasteiger charge is 2.46. The highest BCUT2D eigenvalue weighted by molar-refractivity contribution is 6.05. The zero-order valence-electron chi connectivity index (χ0n) is 42.3. The lowest BCUT2D eigenvalue weighted by Crippen LogP contribution is -2.28. The van der Waals surface area contributed by atoms with Crippen molar-refractivity contribution in [1.29, 1.82) is 0 Å². The predicted molar refractivity (Wildman–Crippen MR) is 320 cm³/mol. The largest absolute Gasteiger partial charge is 0.228 e. The molecule has 0 amide bonds. The molecule has 1 aliphatic rings. The van der Waals surface area contributed by atoms with Crippen LogP contribution in [0.1, 0.15) is 22.3 Å². The van der Waals surface area contributed by atoms with Crippen molar-refractivity contribution in [3.63, 3.8) is 0 Å². The lowest BCUT2D eigenvalue weighted by Gasteiger charge is -2.33. The molecule has 2 heteroatoms. The van der Waals surface area contributed by atoms with Crippen LogP contribution in [0.5, 0.6) is 0 Å². The maximum absolute atomic E-state index is 5.31. The third kappa shape index (κ3) is 8.16. The zero-order valence-corrected chi connectivity index (χ0v) is 42.3. The first-order chi connectivity index (χ1) is 38.2. The fourth-order valence-electron chi connectivity index (χ4n) is 11.9. The van der Waals surface area contributed by atoms with E-state index in [-0.39, 0.29) is 0 Å². The van der Waals surface area contributed by atoms with Gasteiger partial charge in [0, 0.05) is 16.7 Å². The molecule has 0 N–H and O–H groups in total. The van der Waals surface area contributed by atoms with Crippen molar-refractivity contribution in [3.05, 3.63) is 326 Å². The molecule has 0 bridgehead atoms. The first kappa shape index (κ1) is 45.6. The van der Waals surface area contributed by atoms with E-state index in [4.69, 9.17) is 9.97 Å². The van der Waals surface area contributed by atoms with Crippen LogP contribution in [0, 0.1) is 0 Å². The molecule has 1 aliphatic carbocycles. The highest BCUT2D eigenvalue weighted by atomic mass is 14.9. The van der Waals surface area contributed by atoms with Gasteiger partial charge in [-0.3, -0.25) is 0 Å². The zero-order chi connectivity index (χ0) is 51.1. The van der Waals surface area contributed by atoms with Crippen molar-refractivity contribution in [1.82, 2.24) is 9.97 Å². The Bertz CT molecular complexity index is 4240. The molecule has 360 valence electrons. The molecule has 0 aliphatic heterocycles. The van der Waals surface area contributed by atoms with E-state index in [1.54, 1.807) is 0 Å². The first-order valence-corrected chi connectivity index (χ1v) is 26.5. The average molecular weight is 979 g/mol. The molecule has 14 rings (SSSR count). The molecule has 77 heavy (non-hydrogen) atoms.